The topological polar surface area (TPSA) is 89.4 Å². The number of carbonyl (C=O) groups is 2. The van der Waals surface area contributed by atoms with Crippen LogP contribution < -0.4 is 16.2 Å². The molecule has 0 saturated carbocycles. The highest BCUT2D eigenvalue weighted by Gasteiger charge is 2.16. The van der Waals surface area contributed by atoms with Crippen LogP contribution in [0.15, 0.2) is 29.2 Å². The highest BCUT2D eigenvalue weighted by molar-refractivity contribution is 5.75. The lowest BCUT2D eigenvalue weighted by Gasteiger charge is -2.20. The Hall–Kier alpha value is -2.31. The molecule has 0 radical (unpaired) electrons. The first kappa shape index (κ1) is 18.7. The summed E-state index contributed by atoms with van der Waals surface area (Å²) >= 11 is 0. The van der Waals surface area contributed by atoms with Gasteiger partial charge in [-0.1, -0.05) is 19.9 Å². The summed E-state index contributed by atoms with van der Waals surface area (Å²) in [4.78, 5) is 35.0. The van der Waals surface area contributed by atoms with Gasteiger partial charge in [0, 0.05) is 24.8 Å². The Morgan fingerprint density at radius 3 is 2.65 bits per heavy atom. The number of ether oxygens (including phenoxy) is 1. The second-order valence-electron chi connectivity index (χ2n) is 5.66. The molecule has 0 spiro atoms. The van der Waals surface area contributed by atoms with Gasteiger partial charge in [-0.15, -0.1) is 0 Å². The highest BCUT2D eigenvalue weighted by Crippen LogP contribution is 2.04. The van der Waals surface area contributed by atoms with Crippen molar-refractivity contribution < 1.29 is 14.3 Å². The van der Waals surface area contributed by atoms with Crippen molar-refractivity contribution in [2.24, 2.45) is 5.92 Å². The van der Waals surface area contributed by atoms with E-state index in [4.69, 9.17) is 4.74 Å². The van der Waals surface area contributed by atoms with Crippen LogP contribution in [0.5, 0.6) is 0 Å². The Kier molecular flexibility index (Phi) is 7.87. The molecule has 0 bridgehead atoms. The van der Waals surface area contributed by atoms with E-state index in [1.807, 2.05) is 13.8 Å². The summed E-state index contributed by atoms with van der Waals surface area (Å²) in [7, 11) is 0. The maximum Gasteiger partial charge on any atom is 0.407 e. The van der Waals surface area contributed by atoms with Gasteiger partial charge in [0.15, 0.2) is 0 Å². The van der Waals surface area contributed by atoms with Crippen molar-refractivity contribution in [3.05, 3.63) is 34.7 Å². The number of nitrogens with one attached hydrogen (secondary N) is 2. The number of hydrogen-bond acceptors (Lipinski definition) is 4. The van der Waals surface area contributed by atoms with Crippen molar-refractivity contribution >= 4 is 12.0 Å². The van der Waals surface area contributed by atoms with Crippen LogP contribution in [0.1, 0.15) is 27.2 Å². The molecule has 0 aliphatic carbocycles. The lowest BCUT2D eigenvalue weighted by molar-refractivity contribution is -0.121. The maximum atomic E-state index is 12.0. The molecule has 7 nitrogen and oxygen atoms in total. The summed E-state index contributed by atoms with van der Waals surface area (Å²) in [5, 5.41) is 5.48. The van der Waals surface area contributed by atoms with Gasteiger partial charge in [-0.2, -0.15) is 0 Å². The number of hydrogen-bond donors (Lipinski definition) is 2. The molecule has 1 aromatic heterocycles. The fraction of sp³-hybridized carbons (Fsp3) is 0.562. The van der Waals surface area contributed by atoms with Crippen LogP contribution >= 0.6 is 0 Å². The van der Waals surface area contributed by atoms with Crippen LogP contribution in [0.4, 0.5) is 4.79 Å². The molecule has 1 atom stereocenters. The monoisotopic (exact) mass is 323 g/mol. The Labute approximate surface area is 136 Å². The standard InChI is InChI=1S/C16H25N3O4/c1-4-23-16(22)18-13(9-12(2)3)10-17-14(20)11-19-8-6-5-7-15(19)21/h5-8,12-13H,4,9-11H2,1-3H3,(H,17,20)(H,18,22)/t13-/m1/s1. The maximum absolute atomic E-state index is 12.0. The van der Waals surface area contributed by atoms with Gasteiger partial charge in [0.25, 0.3) is 5.56 Å². The van der Waals surface area contributed by atoms with Crippen LogP contribution in [0.2, 0.25) is 0 Å². The second kappa shape index (κ2) is 9.66. The minimum absolute atomic E-state index is 0.0481. The minimum Gasteiger partial charge on any atom is -0.450 e. The molecule has 0 aliphatic rings. The molecule has 0 aromatic carbocycles. The third kappa shape index (κ3) is 7.49. The third-order valence-electron chi connectivity index (χ3n) is 3.11. The molecule has 0 unspecified atom stereocenters. The number of rotatable bonds is 8. The minimum atomic E-state index is -0.494. The average molecular weight is 323 g/mol. The van der Waals surface area contributed by atoms with E-state index in [-0.39, 0.29) is 30.6 Å². The van der Waals surface area contributed by atoms with Gasteiger partial charge in [0.2, 0.25) is 5.91 Å². The summed E-state index contributed by atoms with van der Waals surface area (Å²) in [5.74, 6) is 0.0771. The van der Waals surface area contributed by atoms with Gasteiger partial charge in [0.1, 0.15) is 6.54 Å². The smallest absolute Gasteiger partial charge is 0.407 e. The average Bonchev–Trinajstić information content (AvgIpc) is 2.47. The van der Waals surface area contributed by atoms with Gasteiger partial charge < -0.3 is 19.9 Å². The molecule has 0 fully saturated rings. The number of carbonyl (C=O) groups excluding carboxylic acids is 2. The molecule has 23 heavy (non-hydrogen) atoms. The van der Waals surface area contributed by atoms with Crippen molar-refractivity contribution in [1.29, 1.82) is 0 Å². The molecule has 2 N–H and O–H groups in total. The number of amides is 2. The predicted octanol–water partition coefficient (Wildman–Crippen LogP) is 1.13. The van der Waals surface area contributed by atoms with Gasteiger partial charge in [-0.25, -0.2) is 4.79 Å². The van der Waals surface area contributed by atoms with Crippen LogP contribution in [0, 0.1) is 5.92 Å². The summed E-state index contributed by atoms with van der Waals surface area (Å²) in [5.41, 5.74) is -0.231. The molecule has 1 heterocycles. The highest BCUT2D eigenvalue weighted by atomic mass is 16.5. The molecular formula is C16H25N3O4. The lowest BCUT2D eigenvalue weighted by Crippen LogP contribution is -2.45. The van der Waals surface area contributed by atoms with E-state index in [9.17, 15) is 14.4 Å². The number of nitrogens with zero attached hydrogens (tertiary/aromatic N) is 1. The molecule has 0 aliphatic heterocycles. The fourth-order valence-corrected chi connectivity index (χ4v) is 2.14. The van der Waals surface area contributed by atoms with Crippen LogP contribution in [0.3, 0.4) is 0 Å². The van der Waals surface area contributed by atoms with Crippen LogP contribution in [-0.4, -0.2) is 35.8 Å². The van der Waals surface area contributed by atoms with Crippen LogP contribution in [-0.2, 0) is 16.1 Å². The molecule has 1 rings (SSSR count). The zero-order valence-corrected chi connectivity index (χ0v) is 13.9. The van der Waals surface area contributed by atoms with E-state index < -0.39 is 6.09 Å². The van der Waals surface area contributed by atoms with E-state index in [2.05, 4.69) is 10.6 Å². The van der Waals surface area contributed by atoms with Gasteiger partial charge in [-0.05, 0) is 25.3 Å². The Morgan fingerprint density at radius 1 is 1.30 bits per heavy atom. The second-order valence-corrected chi connectivity index (χ2v) is 5.66. The summed E-state index contributed by atoms with van der Waals surface area (Å²) < 4.78 is 6.19. The molecule has 2 amide bonds. The molecular weight excluding hydrogens is 298 g/mol. The zero-order valence-electron chi connectivity index (χ0n) is 13.9. The lowest BCUT2D eigenvalue weighted by atomic mass is 10.0. The van der Waals surface area contributed by atoms with Gasteiger partial charge in [-0.3, -0.25) is 9.59 Å². The summed E-state index contributed by atoms with van der Waals surface area (Å²) in [6.45, 7) is 6.33. The van der Waals surface area contributed by atoms with Gasteiger partial charge in [0.05, 0.1) is 6.61 Å². The van der Waals surface area contributed by atoms with Crippen molar-refractivity contribution in [2.45, 2.75) is 39.8 Å². The summed E-state index contributed by atoms with van der Waals surface area (Å²) in [6, 6.07) is 4.50. The van der Waals surface area contributed by atoms with Crippen molar-refractivity contribution in [3.63, 3.8) is 0 Å². The quantitative estimate of drug-likeness (QED) is 0.750. The largest absolute Gasteiger partial charge is 0.450 e. The Morgan fingerprint density at radius 2 is 2.04 bits per heavy atom. The number of pyridine rings is 1. The fourth-order valence-electron chi connectivity index (χ4n) is 2.14. The normalized spacial score (nSPS) is 11.8. The van der Waals surface area contributed by atoms with E-state index in [1.165, 1.54) is 10.6 Å². The van der Waals surface area contributed by atoms with Crippen LogP contribution in [0.25, 0.3) is 0 Å². The van der Waals surface area contributed by atoms with Crippen molar-refractivity contribution in [2.75, 3.05) is 13.2 Å². The molecule has 7 heteroatoms. The first-order valence-corrected chi connectivity index (χ1v) is 7.77. The Bertz CT molecular complexity index is 568. The SMILES string of the molecule is CCOC(=O)N[C@@H](CNC(=O)Cn1ccccc1=O)CC(C)C. The molecule has 1 aromatic rings. The first-order valence-electron chi connectivity index (χ1n) is 7.77. The zero-order chi connectivity index (χ0) is 17.2. The van der Waals surface area contributed by atoms with Crippen molar-refractivity contribution in [1.82, 2.24) is 15.2 Å². The predicted molar refractivity (Wildman–Crippen MR) is 87.1 cm³/mol. The van der Waals surface area contributed by atoms with E-state index in [0.29, 0.717) is 18.9 Å². The Balaban J connectivity index is 2.52. The molecule has 0 saturated heterocycles. The first-order chi connectivity index (χ1) is 10.9. The van der Waals surface area contributed by atoms with E-state index >= 15 is 0 Å². The van der Waals surface area contributed by atoms with Crippen molar-refractivity contribution in [3.8, 4) is 0 Å². The van der Waals surface area contributed by atoms with Gasteiger partial charge >= 0.3 is 6.09 Å². The van der Waals surface area contributed by atoms with E-state index in [1.54, 1.807) is 25.3 Å². The van der Waals surface area contributed by atoms with E-state index in [0.717, 1.165) is 0 Å². The number of alkyl carbamates (subject to hydrolysis) is 1. The summed E-state index contributed by atoms with van der Waals surface area (Å²) in [6.07, 6.45) is 1.78. The molecule has 128 valence electrons. The number of aromatic nitrogens is 1. The third-order valence-corrected chi connectivity index (χ3v) is 3.11.